The van der Waals surface area contributed by atoms with Gasteiger partial charge in [0.2, 0.25) is 0 Å². The fraction of sp³-hybridized carbons (Fsp3) is 0.529. The second-order valence-corrected chi connectivity index (χ2v) is 5.15. The van der Waals surface area contributed by atoms with Gasteiger partial charge in [0.1, 0.15) is 0 Å². The molecule has 0 aliphatic heterocycles. The molecule has 1 atom stereocenters. The Bertz CT molecular complexity index is 463. The highest BCUT2D eigenvalue weighted by Gasteiger charge is 2.25. The Morgan fingerprint density at radius 2 is 1.53 bits per heavy atom. The SMILES string of the molecule is CCC1=C(C)C(C)c2cc(CC)c(CC)cc21. The van der Waals surface area contributed by atoms with E-state index in [1.807, 2.05) is 0 Å². The normalized spacial score (nSPS) is 18.8. The van der Waals surface area contributed by atoms with Crippen LogP contribution in [0.25, 0.3) is 5.57 Å². The highest BCUT2D eigenvalue weighted by Crippen LogP contribution is 2.43. The van der Waals surface area contributed by atoms with Gasteiger partial charge in [-0.25, -0.2) is 0 Å². The molecule has 0 nitrogen and oxygen atoms in total. The fourth-order valence-corrected chi connectivity index (χ4v) is 3.16. The summed E-state index contributed by atoms with van der Waals surface area (Å²) in [5, 5.41) is 0. The summed E-state index contributed by atoms with van der Waals surface area (Å²) < 4.78 is 0. The Hall–Kier alpha value is -1.04. The van der Waals surface area contributed by atoms with Gasteiger partial charge in [0, 0.05) is 5.92 Å². The molecule has 1 aromatic rings. The lowest BCUT2D eigenvalue weighted by molar-refractivity contribution is 0.908. The van der Waals surface area contributed by atoms with Crippen LogP contribution >= 0.6 is 0 Å². The Morgan fingerprint density at radius 3 is 2.06 bits per heavy atom. The largest absolute Gasteiger partial charge is 0.0623 e. The van der Waals surface area contributed by atoms with Crippen LogP contribution in [0.2, 0.25) is 0 Å². The van der Waals surface area contributed by atoms with Crippen molar-refractivity contribution in [2.75, 3.05) is 0 Å². The Balaban J connectivity index is 2.61. The molecule has 0 amide bonds. The molecule has 17 heavy (non-hydrogen) atoms. The quantitative estimate of drug-likeness (QED) is 0.674. The van der Waals surface area contributed by atoms with Gasteiger partial charge in [0.15, 0.2) is 0 Å². The number of rotatable bonds is 3. The first kappa shape index (κ1) is 12.4. The van der Waals surface area contributed by atoms with Gasteiger partial charge in [-0.1, -0.05) is 45.4 Å². The van der Waals surface area contributed by atoms with Crippen LogP contribution in [0.5, 0.6) is 0 Å². The molecule has 2 rings (SSSR count). The van der Waals surface area contributed by atoms with Gasteiger partial charge in [0.25, 0.3) is 0 Å². The van der Waals surface area contributed by atoms with Gasteiger partial charge in [-0.05, 0) is 54.0 Å². The Kier molecular flexibility index (Phi) is 3.42. The molecule has 0 heteroatoms. The summed E-state index contributed by atoms with van der Waals surface area (Å²) in [7, 11) is 0. The second kappa shape index (κ2) is 4.68. The van der Waals surface area contributed by atoms with E-state index in [2.05, 4.69) is 46.8 Å². The van der Waals surface area contributed by atoms with Crippen LogP contribution < -0.4 is 0 Å². The molecule has 0 radical (unpaired) electrons. The maximum absolute atomic E-state index is 2.46. The van der Waals surface area contributed by atoms with E-state index >= 15 is 0 Å². The number of aryl methyl sites for hydroxylation is 2. The highest BCUT2D eigenvalue weighted by molar-refractivity contribution is 5.78. The minimum Gasteiger partial charge on any atom is -0.0623 e. The lowest BCUT2D eigenvalue weighted by Gasteiger charge is -2.13. The molecular formula is C17H24. The Morgan fingerprint density at radius 1 is 0.941 bits per heavy atom. The molecule has 0 bridgehead atoms. The first-order valence-corrected chi connectivity index (χ1v) is 6.99. The van der Waals surface area contributed by atoms with Gasteiger partial charge in [0.05, 0.1) is 0 Å². The monoisotopic (exact) mass is 228 g/mol. The third-order valence-electron chi connectivity index (χ3n) is 4.40. The predicted octanol–water partition coefficient (Wildman–Crippen LogP) is 5.11. The molecule has 0 saturated heterocycles. The van der Waals surface area contributed by atoms with E-state index in [1.54, 1.807) is 27.8 Å². The van der Waals surface area contributed by atoms with Crippen molar-refractivity contribution in [2.24, 2.45) is 0 Å². The summed E-state index contributed by atoms with van der Waals surface area (Å²) >= 11 is 0. The lowest BCUT2D eigenvalue weighted by Crippen LogP contribution is -1.97. The zero-order valence-corrected chi connectivity index (χ0v) is 11.9. The zero-order valence-electron chi connectivity index (χ0n) is 11.9. The molecule has 0 aromatic heterocycles. The summed E-state index contributed by atoms with van der Waals surface area (Å²) in [6.45, 7) is 11.5. The minimum absolute atomic E-state index is 0.621. The zero-order chi connectivity index (χ0) is 12.6. The van der Waals surface area contributed by atoms with Crippen LogP contribution in [-0.4, -0.2) is 0 Å². The Labute approximate surface area is 106 Å². The minimum atomic E-state index is 0.621. The van der Waals surface area contributed by atoms with Crippen LogP contribution in [0.1, 0.15) is 69.2 Å². The fourth-order valence-electron chi connectivity index (χ4n) is 3.16. The average molecular weight is 228 g/mol. The maximum atomic E-state index is 2.46. The van der Waals surface area contributed by atoms with E-state index in [-0.39, 0.29) is 0 Å². The smallest absolute Gasteiger partial charge is 0.00292 e. The van der Waals surface area contributed by atoms with E-state index < -0.39 is 0 Å². The van der Waals surface area contributed by atoms with Crippen molar-refractivity contribution in [2.45, 2.75) is 59.8 Å². The van der Waals surface area contributed by atoms with E-state index in [9.17, 15) is 0 Å². The van der Waals surface area contributed by atoms with Crippen molar-refractivity contribution < 1.29 is 0 Å². The molecule has 1 aliphatic carbocycles. The summed E-state index contributed by atoms with van der Waals surface area (Å²) in [4.78, 5) is 0. The molecule has 1 unspecified atom stereocenters. The van der Waals surface area contributed by atoms with Gasteiger partial charge >= 0.3 is 0 Å². The van der Waals surface area contributed by atoms with Crippen molar-refractivity contribution in [1.29, 1.82) is 0 Å². The van der Waals surface area contributed by atoms with Crippen LogP contribution in [0.15, 0.2) is 17.7 Å². The summed E-state index contributed by atoms with van der Waals surface area (Å²) in [5.74, 6) is 0.621. The van der Waals surface area contributed by atoms with Crippen LogP contribution in [-0.2, 0) is 12.8 Å². The molecular weight excluding hydrogens is 204 g/mol. The number of fused-ring (bicyclic) bond motifs is 1. The van der Waals surface area contributed by atoms with Crippen molar-refractivity contribution in [1.82, 2.24) is 0 Å². The van der Waals surface area contributed by atoms with Gasteiger partial charge < -0.3 is 0 Å². The van der Waals surface area contributed by atoms with E-state index in [0.717, 1.165) is 19.3 Å². The summed E-state index contributed by atoms with van der Waals surface area (Å²) in [6.07, 6.45) is 3.47. The van der Waals surface area contributed by atoms with Crippen LogP contribution in [0, 0.1) is 0 Å². The van der Waals surface area contributed by atoms with Gasteiger partial charge in [-0.15, -0.1) is 0 Å². The highest BCUT2D eigenvalue weighted by atomic mass is 14.3. The lowest BCUT2D eigenvalue weighted by atomic mass is 9.92. The molecule has 1 aromatic carbocycles. The molecule has 92 valence electrons. The third-order valence-corrected chi connectivity index (χ3v) is 4.40. The summed E-state index contributed by atoms with van der Waals surface area (Å²) in [6, 6.07) is 4.92. The van der Waals surface area contributed by atoms with Gasteiger partial charge in [-0.3, -0.25) is 0 Å². The molecule has 0 saturated carbocycles. The van der Waals surface area contributed by atoms with Gasteiger partial charge in [-0.2, -0.15) is 0 Å². The van der Waals surface area contributed by atoms with Crippen molar-refractivity contribution in [3.05, 3.63) is 40.0 Å². The maximum Gasteiger partial charge on any atom is 0.00292 e. The molecule has 0 N–H and O–H groups in total. The molecule has 0 spiro atoms. The second-order valence-electron chi connectivity index (χ2n) is 5.15. The van der Waals surface area contributed by atoms with E-state index in [1.165, 1.54) is 5.56 Å². The van der Waals surface area contributed by atoms with Crippen molar-refractivity contribution in [3.63, 3.8) is 0 Å². The van der Waals surface area contributed by atoms with Crippen LogP contribution in [0.3, 0.4) is 0 Å². The average Bonchev–Trinajstić information content (AvgIpc) is 2.59. The van der Waals surface area contributed by atoms with E-state index in [4.69, 9.17) is 0 Å². The third kappa shape index (κ3) is 1.84. The van der Waals surface area contributed by atoms with Crippen molar-refractivity contribution in [3.8, 4) is 0 Å². The molecule has 0 fully saturated rings. The predicted molar refractivity (Wildman–Crippen MR) is 76.5 cm³/mol. The molecule has 0 heterocycles. The van der Waals surface area contributed by atoms with Crippen molar-refractivity contribution >= 4 is 5.57 Å². The number of hydrogen-bond acceptors (Lipinski definition) is 0. The standard InChI is InChI=1S/C17H24/c1-6-13-9-16-12(5)11(4)15(8-3)17(16)10-14(13)7-2/h9-10,12H,6-8H2,1-5H3. The summed E-state index contributed by atoms with van der Waals surface area (Å²) in [5.41, 5.74) is 9.35. The molecule has 1 aliphatic rings. The van der Waals surface area contributed by atoms with Crippen LogP contribution in [0.4, 0.5) is 0 Å². The first-order chi connectivity index (χ1) is 8.13. The number of hydrogen-bond donors (Lipinski definition) is 0. The van der Waals surface area contributed by atoms with E-state index in [0.29, 0.717) is 5.92 Å². The number of benzene rings is 1. The first-order valence-electron chi connectivity index (χ1n) is 6.99. The topological polar surface area (TPSA) is 0 Å². The number of allylic oxidation sites excluding steroid dienone is 2.